The van der Waals surface area contributed by atoms with Crippen LogP contribution < -0.4 is 5.32 Å². The van der Waals surface area contributed by atoms with Crippen molar-refractivity contribution in [3.05, 3.63) is 24.8 Å². The Morgan fingerprint density at radius 2 is 1.94 bits per heavy atom. The monoisotopic (exact) mass is 557 g/mol. The van der Waals surface area contributed by atoms with Crippen molar-refractivity contribution in [1.82, 2.24) is 5.32 Å². The summed E-state index contributed by atoms with van der Waals surface area (Å²) < 4.78 is 1.73. The molecule has 0 spiro atoms. The largest absolute Gasteiger partial charge is 0.506 e. The van der Waals surface area contributed by atoms with Crippen LogP contribution in [0, 0.1) is 7.14 Å². The van der Waals surface area contributed by atoms with E-state index in [4.69, 9.17) is 0 Å². The number of carbonyl (C=O) groups is 1. The summed E-state index contributed by atoms with van der Waals surface area (Å²) in [5, 5.41) is 12.6. The third kappa shape index (κ3) is 3.95. The highest BCUT2D eigenvalue weighted by molar-refractivity contribution is 14.1. The number of phenols is 1. The molecule has 0 radical (unpaired) electrons. The smallest absolute Gasteiger partial charge is 0.209 e. The number of halogens is 3. The minimum atomic E-state index is -0.170. The van der Waals surface area contributed by atoms with E-state index in [1.807, 2.05) is 12.1 Å². The average molecular weight is 557 g/mol. The molecule has 6 heteroatoms. The zero-order chi connectivity index (χ0) is 12.3. The number of rotatable bonds is 4. The lowest BCUT2D eigenvalue weighted by molar-refractivity contribution is -0.111. The van der Waals surface area contributed by atoms with Crippen molar-refractivity contribution in [1.29, 1.82) is 0 Å². The number of hydrogen-bond acceptors (Lipinski definition) is 3. The van der Waals surface area contributed by atoms with Crippen molar-refractivity contribution < 1.29 is 9.90 Å². The minimum Gasteiger partial charge on any atom is -0.506 e. The summed E-state index contributed by atoms with van der Waals surface area (Å²) >= 11 is 5.98. The predicted octanol–water partition coefficient (Wildman–Crippen LogP) is 2.69. The van der Waals surface area contributed by atoms with Crippen molar-refractivity contribution >= 4 is 71.6 Å². The third-order valence-corrected chi connectivity index (χ3v) is 4.54. The Morgan fingerprint density at radius 1 is 1.44 bits per heavy atom. The fourth-order valence-corrected chi connectivity index (χ4v) is 3.70. The molecule has 0 aliphatic heterocycles. The Labute approximate surface area is 135 Å². The molecule has 0 aliphatic carbocycles. The molecule has 16 heavy (non-hydrogen) atoms. The fraction of sp³-hybridized carbons (Fsp3) is 0.300. The Morgan fingerprint density at radius 3 is 2.31 bits per heavy atom. The molecular weight excluding hydrogens is 547 g/mol. The topological polar surface area (TPSA) is 49.3 Å². The van der Waals surface area contributed by atoms with Crippen LogP contribution in [0.3, 0.4) is 0 Å². The van der Waals surface area contributed by atoms with Crippen molar-refractivity contribution in [3.63, 3.8) is 0 Å². The van der Waals surface area contributed by atoms with Gasteiger partial charge in [0.15, 0.2) is 0 Å². The summed E-state index contributed by atoms with van der Waals surface area (Å²) in [7, 11) is 1.78. The second kappa shape index (κ2) is 6.69. The van der Waals surface area contributed by atoms with Gasteiger partial charge in [-0.2, -0.15) is 0 Å². The molecule has 1 atom stereocenters. The summed E-state index contributed by atoms with van der Waals surface area (Å²) in [6.07, 6.45) is 0.643. The van der Waals surface area contributed by atoms with Crippen LogP contribution in [0.1, 0.15) is 5.56 Å². The summed E-state index contributed by atoms with van der Waals surface area (Å²) in [4.78, 5) is 11.3. The maximum Gasteiger partial charge on any atom is 0.209 e. The lowest BCUT2D eigenvalue weighted by Crippen LogP contribution is -2.32. The second-order valence-corrected chi connectivity index (χ2v) is 6.65. The van der Waals surface area contributed by atoms with Gasteiger partial charge >= 0.3 is 0 Å². The molecule has 1 aromatic carbocycles. The second-order valence-electron chi connectivity index (χ2n) is 3.26. The van der Waals surface area contributed by atoms with Gasteiger partial charge in [-0.25, -0.2) is 0 Å². The van der Waals surface area contributed by atoms with Crippen molar-refractivity contribution in [2.75, 3.05) is 7.05 Å². The number of benzene rings is 1. The molecule has 0 aliphatic rings. The van der Waals surface area contributed by atoms with E-state index in [2.05, 4.69) is 50.5 Å². The highest BCUT2D eigenvalue weighted by Gasteiger charge is 2.15. The van der Waals surface area contributed by atoms with Gasteiger partial charge in [-0.3, -0.25) is 4.79 Å². The van der Waals surface area contributed by atoms with Crippen LogP contribution in [-0.4, -0.2) is 22.0 Å². The van der Waals surface area contributed by atoms with Gasteiger partial charge in [0.2, 0.25) is 3.79 Å². The SMILES string of the molecule is CNC(Cc1cc(I)c(O)c(I)c1)C(=O)I. The van der Waals surface area contributed by atoms with Gasteiger partial charge in [-0.15, -0.1) is 0 Å². The number of likely N-dealkylation sites (N-methyl/N-ethyl adjacent to an activating group) is 1. The average Bonchev–Trinajstić information content (AvgIpc) is 2.21. The van der Waals surface area contributed by atoms with Gasteiger partial charge in [0.25, 0.3) is 0 Å². The van der Waals surface area contributed by atoms with E-state index in [1.165, 1.54) is 0 Å². The van der Waals surface area contributed by atoms with Gasteiger partial charge in [0.05, 0.1) is 13.2 Å². The first-order chi connectivity index (χ1) is 7.45. The van der Waals surface area contributed by atoms with Gasteiger partial charge < -0.3 is 10.4 Å². The first-order valence-corrected chi connectivity index (χ1v) is 7.72. The quantitative estimate of drug-likeness (QED) is 0.443. The Kier molecular flexibility index (Phi) is 6.23. The van der Waals surface area contributed by atoms with Crippen molar-refractivity contribution in [2.45, 2.75) is 12.5 Å². The zero-order valence-electron chi connectivity index (χ0n) is 8.43. The van der Waals surface area contributed by atoms with E-state index >= 15 is 0 Å². The molecule has 0 saturated heterocycles. The number of hydrogen-bond donors (Lipinski definition) is 2. The first kappa shape index (κ1) is 14.9. The molecule has 0 amide bonds. The molecule has 3 nitrogen and oxygen atoms in total. The van der Waals surface area contributed by atoms with E-state index < -0.39 is 0 Å². The molecule has 1 aromatic rings. The number of phenolic OH excluding ortho intramolecular Hbond substituents is 1. The van der Waals surface area contributed by atoms with E-state index in [1.54, 1.807) is 29.6 Å². The van der Waals surface area contributed by atoms with Gasteiger partial charge in [-0.05, 0) is 76.3 Å². The lowest BCUT2D eigenvalue weighted by Gasteiger charge is -2.12. The third-order valence-electron chi connectivity index (χ3n) is 2.14. The van der Waals surface area contributed by atoms with Crippen LogP contribution in [0.4, 0.5) is 0 Å². The van der Waals surface area contributed by atoms with Crippen molar-refractivity contribution in [2.24, 2.45) is 0 Å². The summed E-state index contributed by atoms with van der Waals surface area (Å²) in [5.41, 5.74) is 1.05. The van der Waals surface area contributed by atoms with Crippen LogP contribution in [0.25, 0.3) is 0 Å². The molecule has 1 rings (SSSR count). The lowest BCUT2D eigenvalue weighted by atomic mass is 10.1. The van der Waals surface area contributed by atoms with Gasteiger partial charge in [0, 0.05) is 22.6 Å². The molecular formula is C10H10I3NO2. The van der Waals surface area contributed by atoms with Crippen LogP contribution in [-0.2, 0) is 11.2 Å². The molecule has 0 saturated carbocycles. The molecule has 2 N–H and O–H groups in total. The van der Waals surface area contributed by atoms with Gasteiger partial charge in [0.1, 0.15) is 5.75 Å². The molecule has 0 heterocycles. The Bertz CT molecular complexity index is 386. The van der Waals surface area contributed by atoms with E-state index in [9.17, 15) is 9.90 Å². The maximum atomic E-state index is 11.3. The zero-order valence-corrected chi connectivity index (χ0v) is 14.9. The summed E-state index contributed by atoms with van der Waals surface area (Å²) in [6, 6.07) is 3.64. The fourth-order valence-electron chi connectivity index (χ4n) is 1.27. The Balaban J connectivity index is 2.93. The van der Waals surface area contributed by atoms with Gasteiger partial charge in [-0.1, -0.05) is 0 Å². The molecule has 88 valence electrons. The standard InChI is InChI=1S/C10H10I3NO2/c1-14-8(10(13)16)4-5-2-6(11)9(15)7(12)3-5/h2-3,8,14-15H,4H2,1H3. The van der Waals surface area contributed by atoms with Crippen molar-refractivity contribution in [3.8, 4) is 5.75 Å². The molecule has 1 unspecified atom stereocenters. The molecule has 0 fully saturated rings. The minimum absolute atomic E-state index is 0.0955. The van der Waals surface area contributed by atoms with Crippen LogP contribution in [0.15, 0.2) is 12.1 Å². The van der Waals surface area contributed by atoms with Crippen LogP contribution in [0.2, 0.25) is 0 Å². The van der Waals surface area contributed by atoms with Crippen LogP contribution >= 0.6 is 67.8 Å². The highest BCUT2D eigenvalue weighted by Crippen LogP contribution is 2.27. The maximum absolute atomic E-state index is 11.3. The number of nitrogens with one attached hydrogen (secondary N) is 1. The highest BCUT2D eigenvalue weighted by atomic mass is 127. The number of aromatic hydroxyl groups is 1. The predicted molar refractivity (Wildman–Crippen MR) is 89.1 cm³/mol. The number of carbonyl (C=O) groups excluding carboxylic acids is 1. The summed E-state index contributed by atoms with van der Waals surface area (Å²) in [5.74, 6) is 0.312. The first-order valence-electron chi connectivity index (χ1n) is 4.49. The van der Waals surface area contributed by atoms with E-state index in [0.29, 0.717) is 12.2 Å². The molecule has 0 bridgehead atoms. The normalized spacial score (nSPS) is 12.5. The molecule has 0 aromatic heterocycles. The summed E-state index contributed by atoms with van der Waals surface area (Å²) in [6.45, 7) is 0. The van der Waals surface area contributed by atoms with E-state index in [-0.39, 0.29) is 9.83 Å². The van der Waals surface area contributed by atoms with Crippen LogP contribution in [0.5, 0.6) is 5.75 Å². The Hall–Kier alpha value is 0.840. The van der Waals surface area contributed by atoms with E-state index in [0.717, 1.165) is 12.7 Å².